The lowest BCUT2D eigenvalue weighted by atomic mass is 9.98. The highest BCUT2D eigenvalue weighted by molar-refractivity contribution is 5.96. The van der Waals surface area contributed by atoms with Crippen LogP contribution in [0.15, 0.2) is 24.3 Å². The van der Waals surface area contributed by atoms with Gasteiger partial charge in [0.25, 0.3) is 0 Å². The van der Waals surface area contributed by atoms with E-state index in [0.717, 1.165) is 24.2 Å². The molecular formula is C15H22O2. The minimum atomic E-state index is 0.210. The standard InChI is InChI=1S/C15H22O2/c1-4-9-17-14-8-6-7-13(11-14)15(16)10-12(3)5-2/h6-8,11-12H,4-5,9-10H2,1-3H3. The Morgan fingerprint density at radius 1 is 1.35 bits per heavy atom. The van der Waals surface area contributed by atoms with Gasteiger partial charge < -0.3 is 4.74 Å². The molecule has 0 amide bonds. The number of rotatable bonds is 7. The minimum absolute atomic E-state index is 0.210. The second-order valence-corrected chi connectivity index (χ2v) is 4.52. The number of carbonyl (C=O) groups is 1. The van der Waals surface area contributed by atoms with Gasteiger partial charge in [-0.3, -0.25) is 4.79 Å². The molecule has 1 unspecified atom stereocenters. The molecule has 2 nitrogen and oxygen atoms in total. The molecule has 17 heavy (non-hydrogen) atoms. The third-order valence-electron chi connectivity index (χ3n) is 2.86. The van der Waals surface area contributed by atoms with E-state index in [-0.39, 0.29) is 5.78 Å². The molecule has 0 aliphatic rings. The van der Waals surface area contributed by atoms with Crippen LogP contribution in [0.4, 0.5) is 0 Å². The van der Waals surface area contributed by atoms with Crippen LogP contribution in [0.2, 0.25) is 0 Å². The molecule has 0 heterocycles. The predicted octanol–water partition coefficient (Wildman–Crippen LogP) is 4.09. The Labute approximate surface area is 104 Å². The summed E-state index contributed by atoms with van der Waals surface area (Å²) in [5.41, 5.74) is 0.763. The van der Waals surface area contributed by atoms with Crippen molar-refractivity contribution in [3.05, 3.63) is 29.8 Å². The minimum Gasteiger partial charge on any atom is -0.494 e. The monoisotopic (exact) mass is 234 g/mol. The Balaban J connectivity index is 2.66. The predicted molar refractivity (Wildman–Crippen MR) is 70.6 cm³/mol. The van der Waals surface area contributed by atoms with Crippen molar-refractivity contribution in [3.8, 4) is 5.75 Å². The van der Waals surface area contributed by atoms with E-state index in [4.69, 9.17) is 4.74 Å². The first-order valence-electron chi connectivity index (χ1n) is 6.43. The quantitative estimate of drug-likeness (QED) is 0.664. The molecule has 1 aromatic rings. The first-order chi connectivity index (χ1) is 8.17. The van der Waals surface area contributed by atoms with Crippen LogP contribution in [0.25, 0.3) is 0 Å². The van der Waals surface area contributed by atoms with E-state index in [1.165, 1.54) is 0 Å². The van der Waals surface area contributed by atoms with E-state index >= 15 is 0 Å². The zero-order chi connectivity index (χ0) is 12.7. The SMILES string of the molecule is CCCOc1cccc(C(=O)CC(C)CC)c1. The molecule has 0 saturated heterocycles. The second kappa shape index (κ2) is 7.10. The number of Topliss-reactive ketones (excluding diaryl/α,β-unsaturated/α-hetero) is 1. The summed E-state index contributed by atoms with van der Waals surface area (Å²) in [6, 6.07) is 7.49. The van der Waals surface area contributed by atoms with E-state index in [0.29, 0.717) is 18.9 Å². The van der Waals surface area contributed by atoms with Gasteiger partial charge in [0.1, 0.15) is 5.75 Å². The molecular weight excluding hydrogens is 212 g/mol. The topological polar surface area (TPSA) is 26.3 Å². The molecule has 0 aliphatic heterocycles. The van der Waals surface area contributed by atoms with E-state index in [1.807, 2.05) is 24.3 Å². The largest absolute Gasteiger partial charge is 0.494 e. The number of carbonyl (C=O) groups excluding carboxylic acids is 1. The van der Waals surface area contributed by atoms with Crippen molar-refractivity contribution in [1.29, 1.82) is 0 Å². The summed E-state index contributed by atoms with van der Waals surface area (Å²) < 4.78 is 5.53. The van der Waals surface area contributed by atoms with Crippen molar-refractivity contribution in [2.24, 2.45) is 5.92 Å². The fraction of sp³-hybridized carbons (Fsp3) is 0.533. The Morgan fingerprint density at radius 3 is 2.76 bits per heavy atom. The van der Waals surface area contributed by atoms with Crippen molar-refractivity contribution in [2.45, 2.75) is 40.0 Å². The van der Waals surface area contributed by atoms with E-state index < -0.39 is 0 Å². The fourth-order valence-corrected chi connectivity index (χ4v) is 1.56. The maximum absolute atomic E-state index is 12.0. The first-order valence-corrected chi connectivity index (χ1v) is 6.43. The smallest absolute Gasteiger partial charge is 0.163 e. The van der Waals surface area contributed by atoms with Crippen LogP contribution in [0.5, 0.6) is 5.75 Å². The highest BCUT2D eigenvalue weighted by Gasteiger charge is 2.10. The van der Waals surface area contributed by atoms with Crippen LogP contribution in [-0.2, 0) is 0 Å². The lowest BCUT2D eigenvalue weighted by Gasteiger charge is -2.09. The Hall–Kier alpha value is -1.31. The van der Waals surface area contributed by atoms with Crippen molar-refractivity contribution in [3.63, 3.8) is 0 Å². The van der Waals surface area contributed by atoms with Gasteiger partial charge in [-0.1, -0.05) is 39.3 Å². The number of ether oxygens (including phenoxy) is 1. The van der Waals surface area contributed by atoms with Gasteiger partial charge in [0.05, 0.1) is 6.61 Å². The summed E-state index contributed by atoms with van der Waals surface area (Å²) in [4.78, 5) is 12.0. The molecule has 0 aromatic heterocycles. The second-order valence-electron chi connectivity index (χ2n) is 4.52. The Bertz CT molecular complexity index is 358. The number of benzene rings is 1. The lowest BCUT2D eigenvalue weighted by molar-refractivity contribution is 0.0963. The summed E-state index contributed by atoms with van der Waals surface area (Å²) in [5, 5.41) is 0. The molecule has 1 aromatic carbocycles. The highest BCUT2D eigenvalue weighted by Crippen LogP contribution is 2.17. The van der Waals surface area contributed by atoms with Gasteiger partial charge in [0, 0.05) is 12.0 Å². The van der Waals surface area contributed by atoms with E-state index in [9.17, 15) is 4.79 Å². The zero-order valence-electron chi connectivity index (χ0n) is 11.0. The Morgan fingerprint density at radius 2 is 2.12 bits per heavy atom. The van der Waals surface area contributed by atoms with Crippen molar-refractivity contribution < 1.29 is 9.53 Å². The number of hydrogen-bond acceptors (Lipinski definition) is 2. The summed E-state index contributed by atoms with van der Waals surface area (Å²) in [6.07, 6.45) is 2.64. The van der Waals surface area contributed by atoms with Crippen molar-refractivity contribution in [1.82, 2.24) is 0 Å². The van der Waals surface area contributed by atoms with E-state index in [1.54, 1.807) is 0 Å². The summed E-state index contributed by atoms with van der Waals surface area (Å²) >= 11 is 0. The van der Waals surface area contributed by atoms with Crippen LogP contribution < -0.4 is 4.74 Å². The van der Waals surface area contributed by atoms with Crippen LogP contribution in [0.3, 0.4) is 0 Å². The van der Waals surface area contributed by atoms with Crippen LogP contribution in [0.1, 0.15) is 50.4 Å². The van der Waals surface area contributed by atoms with Gasteiger partial charge in [-0.15, -0.1) is 0 Å². The third kappa shape index (κ3) is 4.59. The van der Waals surface area contributed by atoms with Crippen LogP contribution in [0, 0.1) is 5.92 Å². The molecule has 2 heteroatoms. The number of ketones is 1. The molecule has 0 bridgehead atoms. The van der Waals surface area contributed by atoms with Crippen molar-refractivity contribution >= 4 is 5.78 Å². The molecule has 0 fully saturated rings. The Kier molecular flexibility index (Phi) is 5.75. The van der Waals surface area contributed by atoms with Gasteiger partial charge in [0.2, 0.25) is 0 Å². The fourth-order valence-electron chi connectivity index (χ4n) is 1.56. The number of hydrogen-bond donors (Lipinski definition) is 0. The third-order valence-corrected chi connectivity index (χ3v) is 2.86. The molecule has 0 spiro atoms. The molecule has 1 rings (SSSR count). The lowest BCUT2D eigenvalue weighted by Crippen LogP contribution is -2.05. The molecule has 1 atom stereocenters. The molecule has 0 radical (unpaired) electrons. The normalized spacial score (nSPS) is 12.2. The van der Waals surface area contributed by atoms with Crippen LogP contribution >= 0.6 is 0 Å². The van der Waals surface area contributed by atoms with E-state index in [2.05, 4.69) is 20.8 Å². The molecule has 0 aliphatic carbocycles. The van der Waals surface area contributed by atoms with Gasteiger partial charge in [-0.2, -0.15) is 0 Å². The summed E-state index contributed by atoms with van der Waals surface area (Å²) in [6.45, 7) is 6.98. The summed E-state index contributed by atoms with van der Waals surface area (Å²) in [5.74, 6) is 1.45. The maximum Gasteiger partial charge on any atom is 0.163 e. The average Bonchev–Trinajstić information content (AvgIpc) is 2.36. The average molecular weight is 234 g/mol. The maximum atomic E-state index is 12.0. The van der Waals surface area contributed by atoms with Gasteiger partial charge in [-0.25, -0.2) is 0 Å². The molecule has 0 N–H and O–H groups in total. The van der Waals surface area contributed by atoms with Crippen LogP contribution in [-0.4, -0.2) is 12.4 Å². The van der Waals surface area contributed by atoms with Gasteiger partial charge in [0.15, 0.2) is 5.78 Å². The van der Waals surface area contributed by atoms with Gasteiger partial charge in [-0.05, 0) is 24.5 Å². The molecule has 0 saturated carbocycles. The molecule has 94 valence electrons. The van der Waals surface area contributed by atoms with Gasteiger partial charge >= 0.3 is 0 Å². The van der Waals surface area contributed by atoms with Crippen molar-refractivity contribution in [2.75, 3.05) is 6.61 Å². The summed E-state index contributed by atoms with van der Waals surface area (Å²) in [7, 11) is 0. The highest BCUT2D eigenvalue weighted by atomic mass is 16.5. The first kappa shape index (κ1) is 13.8. The zero-order valence-corrected chi connectivity index (χ0v) is 11.0.